The van der Waals surface area contributed by atoms with Crippen molar-refractivity contribution < 1.29 is 0 Å². The predicted octanol–water partition coefficient (Wildman–Crippen LogP) is 6.17. The van der Waals surface area contributed by atoms with Gasteiger partial charge in [-0.2, -0.15) is 5.26 Å². The number of nitrogens with zero attached hydrogens (tertiary/aromatic N) is 3. The third kappa shape index (κ3) is 4.87. The molecule has 0 aliphatic rings. The number of benzene rings is 2. The molecule has 0 unspecified atom stereocenters. The molecular weight excluding hydrogens is 506 g/mol. The fourth-order valence-corrected chi connectivity index (χ4v) is 5.37. The van der Waals surface area contributed by atoms with Crippen LogP contribution < -0.4 is 11.4 Å². The lowest BCUT2D eigenvalue weighted by atomic mass is 9.92. The third-order valence-corrected chi connectivity index (χ3v) is 7.74. The summed E-state index contributed by atoms with van der Waals surface area (Å²) < 4.78 is 4.25. The van der Waals surface area contributed by atoms with Gasteiger partial charge in [-0.15, -0.1) is 0 Å². The van der Waals surface area contributed by atoms with E-state index in [9.17, 15) is 9.59 Å². The number of fused-ring (bicyclic) bond motifs is 2. The van der Waals surface area contributed by atoms with Gasteiger partial charge in [0.05, 0.1) is 27.6 Å². The summed E-state index contributed by atoms with van der Waals surface area (Å²) in [6.07, 6.45) is 4.23. The molecule has 2 aromatic carbocycles. The molecule has 4 aromatic rings. The van der Waals surface area contributed by atoms with Crippen molar-refractivity contribution in [1.29, 1.82) is 5.26 Å². The van der Waals surface area contributed by atoms with Crippen LogP contribution in [0, 0.1) is 11.3 Å². The van der Waals surface area contributed by atoms with E-state index in [0.717, 1.165) is 52.3 Å². The molecule has 0 spiro atoms. The largest absolute Gasteiger partial charge is 0.326 e. The first-order chi connectivity index (χ1) is 16.7. The zero-order valence-electron chi connectivity index (χ0n) is 21.3. The second-order valence-corrected chi connectivity index (χ2v) is 9.76. The van der Waals surface area contributed by atoms with E-state index < -0.39 is 0 Å². The molecule has 0 fully saturated rings. The van der Waals surface area contributed by atoms with Crippen LogP contribution in [0.4, 0.5) is 0 Å². The molecule has 186 valence electrons. The topological polar surface area (TPSA) is 99.4 Å². The van der Waals surface area contributed by atoms with Crippen LogP contribution in [0.2, 0.25) is 0 Å². The maximum atomic E-state index is 11.8. The lowest BCUT2D eigenvalue weighted by molar-refractivity contribution is 0.643. The summed E-state index contributed by atoms with van der Waals surface area (Å²) in [7, 11) is 3.56. The molecule has 35 heavy (non-hydrogen) atoms. The molecule has 2 N–H and O–H groups in total. The molecule has 2 aromatic heterocycles. The highest BCUT2D eigenvalue weighted by molar-refractivity contribution is 9.10. The van der Waals surface area contributed by atoms with E-state index in [2.05, 4.69) is 65.7 Å². The number of nitrogens with one attached hydrogen (secondary N) is 2. The Bertz CT molecular complexity index is 1490. The third-order valence-electron chi connectivity index (χ3n) is 7.08. The lowest BCUT2D eigenvalue weighted by Crippen LogP contribution is -2.13. The van der Waals surface area contributed by atoms with Gasteiger partial charge in [0.2, 0.25) is 0 Å². The molecular formula is C27H34BrN5O2. The van der Waals surface area contributed by atoms with Gasteiger partial charge < -0.3 is 9.97 Å². The first-order valence-corrected chi connectivity index (χ1v) is 13.0. The molecule has 4 rings (SSSR count). The van der Waals surface area contributed by atoms with Gasteiger partial charge in [-0.3, -0.25) is 9.13 Å². The van der Waals surface area contributed by atoms with Crippen molar-refractivity contribution in [2.75, 3.05) is 0 Å². The Morgan fingerprint density at radius 1 is 0.800 bits per heavy atom. The van der Waals surface area contributed by atoms with Gasteiger partial charge in [0.15, 0.2) is 0 Å². The Kier molecular flexibility index (Phi) is 8.44. The van der Waals surface area contributed by atoms with Crippen LogP contribution >= 0.6 is 15.9 Å². The predicted molar refractivity (Wildman–Crippen MR) is 146 cm³/mol. The number of hydrogen-bond donors (Lipinski definition) is 2. The molecule has 8 heteroatoms. The van der Waals surface area contributed by atoms with E-state index in [1.165, 1.54) is 5.56 Å². The standard InChI is InChI=1S/C14H17N3O.C13H17BrN2O/c1-4-9(5-2)11-7-6-10(8-15)12-13(11)17(3)14(18)16-12;1-4-8(5-2)9-6-7-10(14)11-12(9)16(3)13(17)15-11/h6-7,9H,4-5H2,1-3H3,(H,16,18);6-8H,4-5H2,1-3H3,(H,15,17). The van der Waals surface area contributed by atoms with Gasteiger partial charge in [0.1, 0.15) is 6.07 Å². The van der Waals surface area contributed by atoms with Crippen molar-refractivity contribution in [2.45, 2.75) is 65.2 Å². The highest BCUT2D eigenvalue weighted by atomic mass is 79.9. The van der Waals surface area contributed by atoms with E-state index in [1.54, 1.807) is 22.2 Å². The van der Waals surface area contributed by atoms with Gasteiger partial charge in [0, 0.05) is 18.6 Å². The minimum atomic E-state index is -0.167. The van der Waals surface area contributed by atoms with Gasteiger partial charge in [-0.25, -0.2) is 9.59 Å². The van der Waals surface area contributed by atoms with Crippen molar-refractivity contribution in [3.8, 4) is 6.07 Å². The smallest absolute Gasteiger partial charge is 0.305 e. The SMILES string of the molecule is CCC(CC)c1ccc(Br)c2[nH]c(=O)n(C)c12.CCC(CC)c1ccc(C#N)c2[nH]c(=O)n(C)c12. The van der Waals surface area contributed by atoms with Gasteiger partial charge >= 0.3 is 11.4 Å². The van der Waals surface area contributed by atoms with Gasteiger partial charge in [-0.05, 0) is 76.7 Å². The number of rotatable bonds is 6. The molecule has 7 nitrogen and oxygen atoms in total. The number of halogens is 1. The number of aryl methyl sites for hydroxylation is 2. The first-order valence-electron chi connectivity index (χ1n) is 12.2. The van der Waals surface area contributed by atoms with Crippen LogP contribution in [-0.4, -0.2) is 19.1 Å². The van der Waals surface area contributed by atoms with Crippen molar-refractivity contribution in [2.24, 2.45) is 14.1 Å². The Morgan fingerprint density at radius 2 is 1.23 bits per heavy atom. The summed E-state index contributed by atoms with van der Waals surface area (Å²) in [6.45, 7) is 8.66. The summed E-state index contributed by atoms with van der Waals surface area (Å²) in [5.41, 5.74) is 6.17. The molecule has 0 saturated carbocycles. The summed E-state index contributed by atoms with van der Waals surface area (Å²) in [4.78, 5) is 29.2. The summed E-state index contributed by atoms with van der Waals surface area (Å²) in [5.74, 6) is 0.925. The number of imidazole rings is 2. The fourth-order valence-electron chi connectivity index (χ4n) is 4.95. The summed E-state index contributed by atoms with van der Waals surface area (Å²) >= 11 is 3.49. The van der Waals surface area contributed by atoms with Crippen LogP contribution in [0.5, 0.6) is 0 Å². The van der Waals surface area contributed by atoms with Crippen LogP contribution in [0.25, 0.3) is 22.1 Å². The number of hydrogen-bond acceptors (Lipinski definition) is 3. The Morgan fingerprint density at radius 3 is 1.69 bits per heavy atom. The van der Waals surface area contributed by atoms with Gasteiger partial charge in [-0.1, -0.05) is 39.8 Å². The van der Waals surface area contributed by atoms with Crippen LogP contribution in [-0.2, 0) is 14.1 Å². The average molecular weight is 541 g/mol. The first kappa shape index (κ1) is 26.6. The van der Waals surface area contributed by atoms with E-state index in [4.69, 9.17) is 5.26 Å². The van der Waals surface area contributed by atoms with Crippen molar-refractivity contribution >= 4 is 38.0 Å². The number of aromatic nitrogens is 4. The molecule has 2 heterocycles. The van der Waals surface area contributed by atoms with Crippen LogP contribution in [0.1, 0.15) is 81.9 Å². The normalized spacial score (nSPS) is 11.3. The Labute approximate surface area is 213 Å². The van der Waals surface area contributed by atoms with Crippen LogP contribution in [0.3, 0.4) is 0 Å². The lowest BCUT2D eigenvalue weighted by Gasteiger charge is -2.15. The number of H-pyrrole nitrogens is 2. The summed E-state index contributed by atoms with van der Waals surface area (Å²) in [5, 5.41) is 9.10. The maximum absolute atomic E-state index is 11.8. The molecule has 0 radical (unpaired) electrons. The molecule has 0 atom stereocenters. The summed E-state index contributed by atoms with van der Waals surface area (Å²) in [6, 6.07) is 10.0. The quantitative estimate of drug-likeness (QED) is 0.306. The van der Waals surface area contributed by atoms with Crippen molar-refractivity contribution in [3.05, 3.63) is 66.4 Å². The molecule has 0 bridgehead atoms. The van der Waals surface area contributed by atoms with E-state index in [-0.39, 0.29) is 11.4 Å². The van der Waals surface area contributed by atoms with E-state index in [0.29, 0.717) is 22.9 Å². The number of aromatic amines is 2. The van der Waals surface area contributed by atoms with Crippen molar-refractivity contribution in [1.82, 2.24) is 19.1 Å². The van der Waals surface area contributed by atoms with Gasteiger partial charge in [0.25, 0.3) is 0 Å². The van der Waals surface area contributed by atoms with Crippen LogP contribution in [0.15, 0.2) is 38.3 Å². The molecule has 0 saturated heterocycles. The van der Waals surface area contributed by atoms with E-state index >= 15 is 0 Å². The fraction of sp³-hybridized carbons (Fsp3) is 0.444. The Hall–Kier alpha value is -3.05. The monoisotopic (exact) mass is 539 g/mol. The Balaban J connectivity index is 0.000000196. The minimum absolute atomic E-state index is 0.0564. The van der Waals surface area contributed by atoms with E-state index in [1.807, 2.05) is 19.2 Å². The highest BCUT2D eigenvalue weighted by Crippen LogP contribution is 2.32. The minimum Gasteiger partial charge on any atom is -0.305 e. The van der Waals surface area contributed by atoms with Crippen molar-refractivity contribution in [3.63, 3.8) is 0 Å². The highest BCUT2D eigenvalue weighted by Gasteiger charge is 2.18. The second kappa shape index (κ2) is 11.1. The zero-order valence-corrected chi connectivity index (χ0v) is 22.9. The number of nitriles is 1. The molecule has 0 amide bonds. The molecule has 0 aliphatic heterocycles. The average Bonchev–Trinajstić information content (AvgIpc) is 3.33. The zero-order chi connectivity index (χ0) is 25.9. The maximum Gasteiger partial charge on any atom is 0.326 e. The molecule has 0 aliphatic carbocycles. The second-order valence-electron chi connectivity index (χ2n) is 8.90.